The molecule has 0 unspecified atom stereocenters. The summed E-state index contributed by atoms with van der Waals surface area (Å²) in [5, 5.41) is 3.00. The largest absolute Gasteiger partial charge is 0.379 e. The lowest BCUT2D eigenvalue weighted by atomic mass is 10.2. The van der Waals surface area contributed by atoms with Crippen molar-refractivity contribution in [2.75, 3.05) is 26.3 Å². The number of imidazole rings is 1. The molecule has 0 aliphatic carbocycles. The number of fused-ring (bicyclic) bond motifs is 1. The summed E-state index contributed by atoms with van der Waals surface area (Å²) in [4.78, 5) is 17.0. The van der Waals surface area contributed by atoms with E-state index in [1.807, 2.05) is 18.5 Å². The third kappa shape index (κ3) is 4.96. The number of benzene rings is 1. The molecular weight excluding hydrogens is 392 g/mol. The average Bonchev–Trinajstić information content (AvgIpc) is 3.02. The Morgan fingerprint density at radius 2 is 2.03 bits per heavy atom. The standard InChI is InChI=1S/C20H30N4O4S/c1-4-5-15(2)21-20(25)9-8-19-22-17-14-16(6-7-18(17)23(19)3)29(26,27)24-10-12-28-13-11-24/h6-7,14-15H,4-5,8-13H2,1-3H3,(H,21,25)/t15-/m1/s1. The van der Waals surface area contributed by atoms with Crippen molar-refractivity contribution in [2.24, 2.45) is 7.05 Å². The van der Waals surface area contributed by atoms with Crippen molar-refractivity contribution in [2.45, 2.75) is 50.5 Å². The van der Waals surface area contributed by atoms with Crippen LogP contribution in [-0.2, 0) is 33.0 Å². The monoisotopic (exact) mass is 422 g/mol. The van der Waals surface area contributed by atoms with Gasteiger partial charge in [0.15, 0.2) is 0 Å². The van der Waals surface area contributed by atoms with Gasteiger partial charge >= 0.3 is 0 Å². The first kappa shape index (κ1) is 21.7. The maximum atomic E-state index is 12.9. The number of carbonyl (C=O) groups is 1. The third-order valence-electron chi connectivity index (χ3n) is 5.26. The van der Waals surface area contributed by atoms with Crippen molar-refractivity contribution < 1.29 is 17.9 Å². The second-order valence-corrected chi connectivity index (χ2v) is 9.45. The zero-order valence-corrected chi connectivity index (χ0v) is 18.2. The summed E-state index contributed by atoms with van der Waals surface area (Å²) in [6.07, 6.45) is 2.84. The Hall–Kier alpha value is -1.97. The number of morpholine rings is 1. The first-order valence-corrected chi connectivity index (χ1v) is 11.6. The van der Waals surface area contributed by atoms with E-state index in [4.69, 9.17) is 4.74 Å². The highest BCUT2D eigenvalue weighted by Gasteiger charge is 2.27. The summed E-state index contributed by atoms with van der Waals surface area (Å²) in [6, 6.07) is 5.19. The van der Waals surface area contributed by atoms with E-state index in [9.17, 15) is 13.2 Å². The predicted octanol–water partition coefficient (Wildman–Crippen LogP) is 1.83. The van der Waals surface area contributed by atoms with Crippen molar-refractivity contribution in [3.63, 3.8) is 0 Å². The fourth-order valence-electron chi connectivity index (χ4n) is 3.63. The minimum atomic E-state index is -3.56. The smallest absolute Gasteiger partial charge is 0.243 e. The van der Waals surface area contributed by atoms with Crippen LogP contribution >= 0.6 is 0 Å². The minimum absolute atomic E-state index is 0.00795. The molecule has 0 saturated carbocycles. The van der Waals surface area contributed by atoms with E-state index in [-0.39, 0.29) is 16.8 Å². The summed E-state index contributed by atoms with van der Waals surface area (Å²) in [5.41, 5.74) is 1.47. The van der Waals surface area contributed by atoms with Crippen LogP contribution in [-0.4, -0.2) is 60.5 Å². The highest BCUT2D eigenvalue weighted by molar-refractivity contribution is 7.89. The molecule has 1 atom stereocenters. The van der Waals surface area contributed by atoms with Gasteiger partial charge in [0, 0.05) is 39.0 Å². The molecule has 2 heterocycles. The molecule has 1 saturated heterocycles. The van der Waals surface area contributed by atoms with Crippen LogP contribution in [0.3, 0.4) is 0 Å². The number of aryl methyl sites for hydroxylation is 2. The zero-order valence-electron chi connectivity index (χ0n) is 17.3. The zero-order chi connectivity index (χ0) is 21.0. The van der Waals surface area contributed by atoms with Crippen molar-refractivity contribution in [3.05, 3.63) is 24.0 Å². The van der Waals surface area contributed by atoms with E-state index in [1.165, 1.54) is 4.31 Å². The molecule has 1 N–H and O–H groups in total. The van der Waals surface area contributed by atoms with E-state index in [2.05, 4.69) is 17.2 Å². The van der Waals surface area contributed by atoms with Crippen molar-refractivity contribution in [1.82, 2.24) is 19.2 Å². The highest BCUT2D eigenvalue weighted by Crippen LogP contribution is 2.23. The lowest BCUT2D eigenvalue weighted by Gasteiger charge is -2.26. The number of carbonyl (C=O) groups excluding carboxylic acids is 1. The van der Waals surface area contributed by atoms with Crippen LogP contribution in [0.1, 0.15) is 38.9 Å². The molecule has 0 bridgehead atoms. The Balaban J connectivity index is 1.75. The van der Waals surface area contributed by atoms with Gasteiger partial charge in [0.2, 0.25) is 15.9 Å². The molecule has 1 aliphatic rings. The number of amides is 1. The second kappa shape index (κ2) is 9.23. The number of nitrogens with one attached hydrogen (secondary N) is 1. The molecule has 29 heavy (non-hydrogen) atoms. The first-order valence-electron chi connectivity index (χ1n) is 10.2. The normalized spacial score (nSPS) is 16.8. The van der Waals surface area contributed by atoms with Gasteiger partial charge in [-0.05, 0) is 31.5 Å². The van der Waals surface area contributed by atoms with Crippen LogP contribution in [0.4, 0.5) is 0 Å². The van der Waals surface area contributed by atoms with E-state index in [1.54, 1.807) is 18.2 Å². The number of ether oxygens (including phenoxy) is 1. The molecule has 1 amide bonds. The molecule has 1 fully saturated rings. The van der Waals surface area contributed by atoms with Gasteiger partial charge in [0.05, 0.1) is 29.1 Å². The highest BCUT2D eigenvalue weighted by atomic mass is 32.2. The number of sulfonamides is 1. The topological polar surface area (TPSA) is 93.5 Å². The van der Waals surface area contributed by atoms with Gasteiger partial charge in [-0.15, -0.1) is 0 Å². The van der Waals surface area contributed by atoms with Gasteiger partial charge in [-0.3, -0.25) is 4.79 Å². The number of nitrogens with zero attached hydrogens (tertiary/aromatic N) is 3. The molecule has 1 aliphatic heterocycles. The van der Waals surface area contributed by atoms with Gasteiger partial charge in [-0.25, -0.2) is 13.4 Å². The van der Waals surface area contributed by atoms with E-state index in [0.29, 0.717) is 44.7 Å². The summed E-state index contributed by atoms with van der Waals surface area (Å²) < 4.78 is 34.4. The SMILES string of the molecule is CCC[C@@H](C)NC(=O)CCc1nc2cc(S(=O)(=O)N3CCOCC3)ccc2n1C. The van der Waals surface area contributed by atoms with E-state index in [0.717, 1.165) is 24.2 Å². The Morgan fingerprint density at radius 3 is 2.72 bits per heavy atom. The number of rotatable bonds is 8. The predicted molar refractivity (Wildman–Crippen MR) is 111 cm³/mol. The van der Waals surface area contributed by atoms with Crippen molar-refractivity contribution in [3.8, 4) is 0 Å². The van der Waals surface area contributed by atoms with Gasteiger partial charge in [-0.1, -0.05) is 13.3 Å². The molecule has 8 nitrogen and oxygen atoms in total. The van der Waals surface area contributed by atoms with Gasteiger partial charge in [-0.2, -0.15) is 4.31 Å². The van der Waals surface area contributed by atoms with Crippen LogP contribution in [0.15, 0.2) is 23.1 Å². The van der Waals surface area contributed by atoms with Crippen LogP contribution in [0.25, 0.3) is 11.0 Å². The van der Waals surface area contributed by atoms with Crippen LogP contribution in [0, 0.1) is 0 Å². The Labute approximate surface area is 172 Å². The third-order valence-corrected chi connectivity index (χ3v) is 7.15. The maximum Gasteiger partial charge on any atom is 0.243 e. The first-order chi connectivity index (χ1) is 13.8. The average molecular weight is 423 g/mol. The van der Waals surface area contributed by atoms with Crippen LogP contribution in [0.2, 0.25) is 0 Å². The number of aromatic nitrogens is 2. The lowest BCUT2D eigenvalue weighted by molar-refractivity contribution is -0.121. The molecule has 1 aromatic heterocycles. The number of hydrogen-bond acceptors (Lipinski definition) is 5. The Kier molecular flexibility index (Phi) is 6.92. The van der Waals surface area contributed by atoms with Gasteiger partial charge in [0.25, 0.3) is 0 Å². The molecule has 0 spiro atoms. The summed E-state index contributed by atoms with van der Waals surface area (Å²) in [6.45, 7) is 5.64. The van der Waals surface area contributed by atoms with E-state index >= 15 is 0 Å². The Bertz CT molecular complexity index is 964. The Morgan fingerprint density at radius 1 is 1.31 bits per heavy atom. The second-order valence-electron chi connectivity index (χ2n) is 7.51. The summed E-state index contributed by atoms with van der Waals surface area (Å²) in [5.74, 6) is 0.771. The number of hydrogen-bond donors (Lipinski definition) is 1. The van der Waals surface area contributed by atoms with Crippen LogP contribution in [0.5, 0.6) is 0 Å². The fourth-order valence-corrected chi connectivity index (χ4v) is 5.06. The maximum absolute atomic E-state index is 12.9. The van der Waals surface area contributed by atoms with Crippen LogP contribution < -0.4 is 5.32 Å². The van der Waals surface area contributed by atoms with Crippen molar-refractivity contribution >= 4 is 27.0 Å². The molecule has 160 valence electrons. The molecular formula is C20H30N4O4S. The lowest BCUT2D eigenvalue weighted by Crippen LogP contribution is -2.40. The molecule has 0 radical (unpaired) electrons. The van der Waals surface area contributed by atoms with Crippen molar-refractivity contribution in [1.29, 1.82) is 0 Å². The fraction of sp³-hybridized carbons (Fsp3) is 0.600. The van der Waals surface area contributed by atoms with Gasteiger partial charge in [0.1, 0.15) is 5.82 Å². The summed E-state index contributed by atoms with van der Waals surface area (Å²) >= 11 is 0. The molecule has 3 rings (SSSR count). The minimum Gasteiger partial charge on any atom is -0.379 e. The molecule has 1 aromatic carbocycles. The summed E-state index contributed by atoms with van der Waals surface area (Å²) in [7, 11) is -1.67. The van der Waals surface area contributed by atoms with E-state index < -0.39 is 10.0 Å². The van der Waals surface area contributed by atoms with Gasteiger partial charge < -0.3 is 14.6 Å². The quantitative estimate of drug-likeness (QED) is 0.701. The molecule has 2 aromatic rings. The molecule has 9 heteroatoms.